The topological polar surface area (TPSA) is 102 Å². The lowest BCUT2D eigenvalue weighted by Crippen LogP contribution is -2.66. The standard InChI is InChI=1S/C23H18ClF3IN3O2.C2H4O2/c24-13-1-4-15(5-2-13)29-10-23(33)11-31(12-23)22(32)16-6-7-17(25)20(27)21(16)30-19-8-3-14(28)9-18(19)26;1-2(3)4/h1-9,29-30,33H,10-12H2;1H3,(H,3,4). The first-order valence-corrected chi connectivity index (χ1v) is 12.2. The van der Waals surface area contributed by atoms with Crippen molar-refractivity contribution >= 4 is 63.1 Å². The summed E-state index contributed by atoms with van der Waals surface area (Å²) < 4.78 is 43.4. The molecule has 0 unspecified atom stereocenters. The van der Waals surface area contributed by atoms with Crippen LogP contribution in [0.5, 0.6) is 0 Å². The third-order valence-electron chi connectivity index (χ3n) is 5.24. The van der Waals surface area contributed by atoms with Crippen LogP contribution in [0.15, 0.2) is 54.6 Å². The molecule has 12 heteroatoms. The van der Waals surface area contributed by atoms with Gasteiger partial charge in [-0.25, -0.2) is 13.2 Å². The fourth-order valence-electron chi connectivity index (χ4n) is 3.50. The van der Waals surface area contributed by atoms with Crippen molar-refractivity contribution in [3.05, 3.63) is 86.2 Å². The van der Waals surface area contributed by atoms with E-state index in [4.69, 9.17) is 21.5 Å². The summed E-state index contributed by atoms with van der Waals surface area (Å²) in [6, 6.07) is 13.1. The van der Waals surface area contributed by atoms with E-state index in [0.717, 1.165) is 24.7 Å². The molecule has 4 rings (SSSR count). The molecule has 37 heavy (non-hydrogen) atoms. The third kappa shape index (κ3) is 7.49. The second kappa shape index (κ2) is 12.0. The van der Waals surface area contributed by atoms with Crippen molar-refractivity contribution in [2.75, 3.05) is 30.3 Å². The highest BCUT2D eigenvalue weighted by Crippen LogP contribution is 2.32. The van der Waals surface area contributed by atoms with Crippen LogP contribution in [0.2, 0.25) is 5.02 Å². The summed E-state index contributed by atoms with van der Waals surface area (Å²) in [6.07, 6.45) is 0. The lowest BCUT2D eigenvalue weighted by Gasteiger charge is -2.46. The number of likely N-dealkylation sites (tertiary alicyclic amines) is 1. The number of hydrogen-bond acceptors (Lipinski definition) is 5. The fourth-order valence-corrected chi connectivity index (χ4v) is 4.08. The molecule has 0 spiro atoms. The Labute approximate surface area is 229 Å². The number of carboxylic acids is 1. The maximum Gasteiger partial charge on any atom is 0.300 e. The highest BCUT2D eigenvalue weighted by Gasteiger charge is 2.44. The highest BCUT2D eigenvalue weighted by molar-refractivity contribution is 14.1. The van der Waals surface area contributed by atoms with E-state index in [2.05, 4.69) is 10.6 Å². The average molecular weight is 648 g/mol. The summed E-state index contributed by atoms with van der Waals surface area (Å²) in [5.74, 6) is -4.58. The molecule has 0 aliphatic carbocycles. The number of carbonyl (C=O) groups excluding carboxylic acids is 1. The Kier molecular flexibility index (Phi) is 9.26. The second-order valence-electron chi connectivity index (χ2n) is 8.30. The minimum atomic E-state index is -1.29. The van der Waals surface area contributed by atoms with E-state index < -0.39 is 40.6 Å². The number of nitrogens with one attached hydrogen (secondary N) is 2. The Hall–Kier alpha value is -3.03. The van der Waals surface area contributed by atoms with Gasteiger partial charge >= 0.3 is 0 Å². The first kappa shape index (κ1) is 28.5. The number of carbonyl (C=O) groups is 2. The van der Waals surface area contributed by atoms with Crippen molar-refractivity contribution in [3.8, 4) is 0 Å². The maximum absolute atomic E-state index is 14.6. The van der Waals surface area contributed by atoms with Gasteiger partial charge < -0.3 is 25.7 Å². The zero-order valence-corrected chi connectivity index (χ0v) is 22.3. The molecule has 1 amide bonds. The van der Waals surface area contributed by atoms with E-state index in [-0.39, 0.29) is 30.9 Å². The van der Waals surface area contributed by atoms with E-state index in [0.29, 0.717) is 8.59 Å². The van der Waals surface area contributed by atoms with Crippen LogP contribution in [0.25, 0.3) is 0 Å². The molecule has 1 aliphatic rings. The number of carboxylic acid groups (broad SMARTS) is 1. The Morgan fingerprint density at radius 2 is 1.68 bits per heavy atom. The number of benzene rings is 3. The molecule has 1 saturated heterocycles. The maximum atomic E-state index is 14.6. The molecule has 0 radical (unpaired) electrons. The first-order chi connectivity index (χ1) is 17.4. The molecular weight excluding hydrogens is 626 g/mol. The summed E-state index contributed by atoms with van der Waals surface area (Å²) in [7, 11) is 0. The number of aliphatic carboxylic acids is 1. The normalized spacial score (nSPS) is 13.6. The SMILES string of the molecule is CC(=O)O.O=C(c1ccc(F)c(F)c1Nc1ccc(I)cc1F)N1CC(O)(CNc2ccc(Cl)cc2)C1. The Morgan fingerprint density at radius 3 is 2.27 bits per heavy atom. The van der Waals surface area contributed by atoms with Crippen molar-refractivity contribution in [2.45, 2.75) is 12.5 Å². The quantitative estimate of drug-likeness (QED) is 0.264. The Bertz CT molecular complexity index is 1300. The van der Waals surface area contributed by atoms with Crippen molar-refractivity contribution in [3.63, 3.8) is 0 Å². The molecule has 7 nitrogen and oxygen atoms in total. The van der Waals surface area contributed by atoms with Crippen LogP contribution in [0, 0.1) is 21.0 Å². The van der Waals surface area contributed by atoms with Crippen LogP contribution in [0.3, 0.4) is 0 Å². The van der Waals surface area contributed by atoms with Crippen molar-refractivity contribution in [1.29, 1.82) is 0 Å². The van der Waals surface area contributed by atoms with Gasteiger partial charge in [0.05, 0.1) is 30.0 Å². The van der Waals surface area contributed by atoms with Gasteiger partial charge in [-0.2, -0.15) is 0 Å². The Balaban J connectivity index is 0.000000886. The number of anilines is 3. The largest absolute Gasteiger partial charge is 0.481 e. The van der Waals surface area contributed by atoms with Crippen molar-refractivity contribution in [1.82, 2.24) is 4.90 Å². The second-order valence-corrected chi connectivity index (χ2v) is 9.98. The molecule has 0 aromatic heterocycles. The molecule has 4 N–H and O–H groups in total. The van der Waals surface area contributed by atoms with Crippen LogP contribution in [-0.4, -0.2) is 52.2 Å². The average Bonchev–Trinajstić information content (AvgIpc) is 2.81. The number of rotatable bonds is 6. The molecule has 3 aromatic rings. The van der Waals surface area contributed by atoms with Gasteiger partial charge in [-0.3, -0.25) is 9.59 Å². The van der Waals surface area contributed by atoms with Crippen LogP contribution in [0.1, 0.15) is 17.3 Å². The zero-order chi connectivity index (χ0) is 27.3. The molecule has 0 saturated carbocycles. The smallest absolute Gasteiger partial charge is 0.300 e. The number of halogens is 5. The number of hydrogen-bond donors (Lipinski definition) is 4. The van der Waals surface area contributed by atoms with E-state index in [1.165, 1.54) is 17.0 Å². The molecule has 196 valence electrons. The van der Waals surface area contributed by atoms with Crippen LogP contribution in [0.4, 0.5) is 30.2 Å². The predicted molar refractivity (Wildman–Crippen MR) is 143 cm³/mol. The predicted octanol–water partition coefficient (Wildman–Crippen LogP) is 5.50. The summed E-state index contributed by atoms with van der Waals surface area (Å²) >= 11 is 7.78. The first-order valence-electron chi connectivity index (χ1n) is 10.8. The van der Waals surface area contributed by atoms with Gasteiger partial charge in [0, 0.05) is 27.7 Å². The van der Waals surface area contributed by atoms with Crippen molar-refractivity contribution in [2.24, 2.45) is 0 Å². The van der Waals surface area contributed by atoms with E-state index in [9.17, 15) is 23.1 Å². The molecule has 1 aliphatic heterocycles. The van der Waals surface area contributed by atoms with Gasteiger partial charge in [0.15, 0.2) is 11.6 Å². The van der Waals surface area contributed by atoms with E-state index in [1.54, 1.807) is 30.3 Å². The van der Waals surface area contributed by atoms with Gasteiger partial charge in [-0.15, -0.1) is 0 Å². The highest BCUT2D eigenvalue weighted by atomic mass is 127. The number of aliphatic hydroxyl groups is 1. The lowest BCUT2D eigenvalue weighted by atomic mass is 9.92. The summed E-state index contributed by atoms with van der Waals surface area (Å²) in [4.78, 5) is 23.3. The monoisotopic (exact) mass is 647 g/mol. The third-order valence-corrected chi connectivity index (χ3v) is 6.16. The van der Waals surface area contributed by atoms with Gasteiger partial charge in [0.1, 0.15) is 11.4 Å². The number of amides is 1. The molecule has 1 heterocycles. The summed E-state index contributed by atoms with van der Waals surface area (Å²) in [5, 5.41) is 24.3. The molecule has 1 fully saturated rings. The van der Waals surface area contributed by atoms with Crippen LogP contribution < -0.4 is 10.6 Å². The summed E-state index contributed by atoms with van der Waals surface area (Å²) in [5.41, 5.74) is -1.16. The molecule has 3 aromatic carbocycles. The number of nitrogens with zero attached hydrogens (tertiary/aromatic N) is 1. The van der Waals surface area contributed by atoms with Crippen LogP contribution >= 0.6 is 34.2 Å². The van der Waals surface area contributed by atoms with E-state index >= 15 is 0 Å². The fraction of sp³-hybridized carbons (Fsp3) is 0.200. The minimum absolute atomic E-state index is 0.0112. The van der Waals surface area contributed by atoms with Crippen molar-refractivity contribution < 1.29 is 33.0 Å². The van der Waals surface area contributed by atoms with Gasteiger partial charge in [-0.05, 0) is 77.2 Å². The zero-order valence-electron chi connectivity index (χ0n) is 19.4. The van der Waals surface area contributed by atoms with Crippen LogP contribution in [-0.2, 0) is 4.79 Å². The molecular formula is C25H22ClF3IN3O4. The van der Waals surface area contributed by atoms with E-state index in [1.807, 2.05) is 22.6 Å². The van der Waals surface area contributed by atoms with Gasteiger partial charge in [0.2, 0.25) is 0 Å². The molecule has 0 atom stereocenters. The van der Waals surface area contributed by atoms with Gasteiger partial charge in [0.25, 0.3) is 11.9 Å². The molecule has 0 bridgehead atoms. The van der Waals surface area contributed by atoms with Gasteiger partial charge in [-0.1, -0.05) is 11.6 Å². The summed E-state index contributed by atoms with van der Waals surface area (Å²) in [6.45, 7) is 1.24. The lowest BCUT2D eigenvalue weighted by molar-refractivity contribution is -0.134. The Morgan fingerprint density at radius 1 is 1.05 bits per heavy atom. The minimum Gasteiger partial charge on any atom is -0.481 e. The number of β-amino-alcohol motifs (C(OH)–C–C–N with tert-alkyl or cyclic N) is 1.